The summed E-state index contributed by atoms with van der Waals surface area (Å²) in [4.78, 5) is 9.32. The van der Waals surface area contributed by atoms with Crippen LogP contribution < -0.4 is 4.74 Å². The van der Waals surface area contributed by atoms with Gasteiger partial charge in [0, 0.05) is 24.4 Å². The van der Waals surface area contributed by atoms with Crippen molar-refractivity contribution in [2.24, 2.45) is 0 Å². The molecule has 0 saturated carbocycles. The number of nitrogens with zero attached hydrogens (tertiary/aromatic N) is 3. The Morgan fingerprint density at radius 1 is 1.23 bits per heavy atom. The van der Waals surface area contributed by atoms with Crippen molar-refractivity contribution in [3.63, 3.8) is 0 Å². The molecule has 3 heterocycles. The van der Waals surface area contributed by atoms with Crippen LogP contribution in [0.3, 0.4) is 0 Å². The fraction of sp³-hybridized carbons (Fsp3) is 0.294. The van der Waals surface area contributed by atoms with Crippen molar-refractivity contribution in [2.75, 3.05) is 20.3 Å². The highest BCUT2D eigenvalue weighted by Crippen LogP contribution is 2.30. The van der Waals surface area contributed by atoms with Crippen LogP contribution in [-0.4, -0.2) is 34.9 Å². The Morgan fingerprint density at radius 3 is 2.82 bits per heavy atom. The topological polar surface area (TPSA) is 49.2 Å². The number of hydrogen-bond donors (Lipinski definition) is 0. The first-order valence-corrected chi connectivity index (χ1v) is 7.42. The maximum atomic E-state index is 5.54. The molecule has 2 aromatic heterocycles. The molecule has 112 valence electrons. The van der Waals surface area contributed by atoms with Gasteiger partial charge in [-0.2, -0.15) is 0 Å². The summed E-state index contributed by atoms with van der Waals surface area (Å²) >= 11 is 0. The third-order valence-electron chi connectivity index (χ3n) is 4.07. The number of fused-ring (bicyclic) bond motifs is 1. The number of pyridine rings is 1. The number of ether oxygens (including phenoxy) is 2. The van der Waals surface area contributed by atoms with E-state index in [4.69, 9.17) is 14.5 Å². The highest BCUT2D eigenvalue weighted by atomic mass is 16.5. The average Bonchev–Trinajstić information content (AvgIpc) is 3.22. The molecule has 22 heavy (non-hydrogen) atoms. The van der Waals surface area contributed by atoms with Gasteiger partial charge in [0.1, 0.15) is 17.1 Å². The molecule has 1 saturated heterocycles. The maximum absolute atomic E-state index is 5.54. The molecule has 0 radical (unpaired) electrons. The molecule has 0 aliphatic carbocycles. The number of imidazole rings is 1. The second-order valence-electron chi connectivity index (χ2n) is 5.41. The smallest absolute Gasteiger partial charge is 0.164 e. The Labute approximate surface area is 128 Å². The van der Waals surface area contributed by atoms with Gasteiger partial charge in [-0.25, -0.2) is 9.97 Å². The molecule has 1 unspecified atom stereocenters. The van der Waals surface area contributed by atoms with Crippen molar-refractivity contribution in [3.8, 4) is 11.4 Å². The Bertz CT molecular complexity index is 789. The van der Waals surface area contributed by atoms with Gasteiger partial charge < -0.3 is 9.47 Å². The van der Waals surface area contributed by atoms with Gasteiger partial charge in [-0.3, -0.25) is 4.57 Å². The molecular weight excluding hydrogens is 278 g/mol. The zero-order valence-electron chi connectivity index (χ0n) is 12.4. The van der Waals surface area contributed by atoms with Crippen LogP contribution in [-0.2, 0) is 4.74 Å². The lowest BCUT2D eigenvalue weighted by molar-refractivity contribution is 0.193. The molecular formula is C17H17N3O2. The van der Waals surface area contributed by atoms with Gasteiger partial charge in [0.2, 0.25) is 0 Å². The van der Waals surface area contributed by atoms with Gasteiger partial charge in [0.05, 0.1) is 13.7 Å². The molecule has 4 rings (SSSR count). The van der Waals surface area contributed by atoms with Crippen LogP contribution in [0.25, 0.3) is 16.9 Å². The van der Waals surface area contributed by atoms with Crippen molar-refractivity contribution in [1.82, 2.24) is 14.5 Å². The molecule has 1 aliphatic rings. The highest BCUT2D eigenvalue weighted by molar-refractivity contribution is 5.74. The van der Waals surface area contributed by atoms with Gasteiger partial charge in [0.15, 0.2) is 5.65 Å². The molecule has 0 N–H and O–H groups in total. The van der Waals surface area contributed by atoms with Crippen LogP contribution in [0.2, 0.25) is 0 Å². The summed E-state index contributed by atoms with van der Waals surface area (Å²) in [7, 11) is 1.67. The van der Waals surface area contributed by atoms with Gasteiger partial charge in [0.25, 0.3) is 0 Å². The molecule has 1 aliphatic heterocycles. The monoisotopic (exact) mass is 295 g/mol. The molecule has 0 bridgehead atoms. The maximum Gasteiger partial charge on any atom is 0.164 e. The van der Waals surface area contributed by atoms with E-state index in [9.17, 15) is 0 Å². The molecule has 5 heteroatoms. The zero-order chi connectivity index (χ0) is 14.9. The number of hydrogen-bond acceptors (Lipinski definition) is 4. The van der Waals surface area contributed by atoms with E-state index in [-0.39, 0.29) is 0 Å². The molecule has 3 aromatic rings. The number of methoxy groups -OCH3 is 1. The van der Waals surface area contributed by atoms with E-state index in [0.29, 0.717) is 5.92 Å². The lowest BCUT2D eigenvalue weighted by Gasteiger charge is -2.12. The molecule has 1 aromatic carbocycles. The lowest BCUT2D eigenvalue weighted by Crippen LogP contribution is -2.08. The second kappa shape index (κ2) is 5.42. The SMILES string of the molecule is COc1ccc(-n2c(C3CCOC3)nc3cccnc32)cc1. The normalized spacial score (nSPS) is 18.0. The van der Waals surface area contributed by atoms with Crippen LogP contribution in [0, 0.1) is 0 Å². The van der Waals surface area contributed by atoms with Crippen LogP contribution in [0.15, 0.2) is 42.6 Å². The van der Waals surface area contributed by atoms with Crippen molar-refractivity contribution < 1.29 is 9.47 Å². The van der Waals surface area contributed by atoms with E-state index in [2.05, 4.69) is 9.55 Å². The molecule has 1 atom stereocenters. The first-order valence-electron chi connectivity index (χ1n) is 7.42. The van der Waals surface area contributed by atoms with Crippen molar-refractivity contribution in [3.05, 3.63) is 48.4 Å². The van der Waals surface area contributed by atoms with Gasteiger partial charge in [-0.15, -0.1) is 0 Å². The largest absolute Gasteiger partial charge is 0.497 e. The van der Waals surface area contributed by atoms with Crippen LogP contribution in [0.5, 0.6) is 5.75 Å². The van der Waals surface area contributed by atoms with E-state index in [0.717, 1.165) is 48.1 Å². The first-order chi connectivity index (χ1) is 10.9. The summed E-state index contributed by atoms with van der Waals surface area (Å²) in [6, 6.07) is 11.9. The van der Waals surface area contributed by atoms with E-state index < -0.39 is 0 Å². The molecule has 1 fully saturated rings. The highest BCUT2D eigenvalue weighted by Gasteiger charge is 2.25. The van der Waals surface area contributed by atoms with Crippen molar-refractivity contribution >= 4 is 11.2 Å². The third kappa shape index (κ3) is 2.14. The van der Waals surface area contributed by atoms with Crippen molar-refractivity contribution in [1.29, 1.82) is 0 Å². The predicted octanol–water partition coefficient (Wildman–Crippen LogP) is 2.93. The zero-order valence-corrected chi connectivity index (χ0v) is 12.4. The van der Waals surface area contributed by atoms with E-state index in [1.807, 2.05) is 36.4 Å². The number of aromatic nitrogens is 3. The Balaban J connectivity index is 1.90. The summed E-state index contributed by atoms with van der Waals surface area (Å²) in [5.74, 6) is 2.18. The van der Waals surface area contributed by atoms with Crippen LogP contribution in [0.1, 0.15) is 18.2 Å². The fourth-order valence-electron chi connectivity index (χ4n) is 2.93. The molecule has 0 spiro atoms. The Hall–Kier alpha value is -2.40. The Kier molecular flexibility index (Phi) is 3.27. The lowest BCUT2D eigenvalue weighted by atomic mass is 10.1. The summed E-state index contributed by atoms with van der Waals surface area (Å²) in [6.45, 7) is 1.52. The van der Waals surface area contributed by atoms with E-state index in [1.165, 1.54) is 0 Å². The van der Waals surface area contributed by atoms with Gasteiger partial charge in [-0.05, 0) is 42.8 Å². The summed E-state index contributed by atoms with van der Waals surface area (Å²) in [5.41, 5.74) is 2.85. The standard InChI is InChI=1S/C17H17N3O2/c1-21-14-6-4-13(5-7-14)20-16(12-8-10-22-11-12)19-15-3-2-9-18-17(15)20/h2-7,9,12H,8,10-11H2,1H3. The summed E-state index contributed by atoms with van der Waals surface area (Å²) in [6.07, 6.45) is 2.80. The summed E-state index contributed by atoms with van der Waals surface area (Å²) in [5, 5.41) is 0. The van der Waals surface area contributed by atoms with Crippen molar-refractivity contribution in [2.45, 2.75) is 12.3 Å². The predicted molar refractivity (Wildman–Crippen MR) is 83.6 cm³/mol. The van der Waals surface area contributed by atoms with E-state index in [1.54, 1.807) is 13.3 Å². The first kappa shape index (κ1) is 13.3. The molecule has 5 nitrogen and oxygen atoms in total. The third-order valence-corrected chi connectivity index (χ3v) is 4.07. The quantitative estimate of drug-likeness (QED) is 0.745. The summed E-state index contributed by atoms with van der Waals surface area (Å²) < 4.78 is 12.9. The fourth-order valence-corrected chi connectivity index (χ4v) is 2.93. The number of rotatable bonds is 3. The van der Waals surface area contributed by atoms with Gasteiger partial charge in [-0.1, -0.05) is 0 Å². The second-order valence-corrected chi connectivity index (χ2v) is 5.41. The number of benzene rings is 1. The average molecular weight is 295 g/mol. The Morgan fingerprint density at radius 2 is 2.09 bits per heavy atom. The minimum absolute atomic E-state index is 0.316. The van der Waals surface area contributed by atoms with E-state index >= 15 is 0 Å². The minimum atomic E-state index is 0.316. The minimum Gasteiger partial charge on any atom is -0.497 e. The van der Waals surface area contributed by atoms with Crippen LogP contribution >= 0.6 is 0 Å². The van der Waals surface area contributed by atoms with Gasteiger partial charge >= 0.3 is 0 Å². The molecule has 0 amide bonds. The van der Waals surface area contributed by atoms with Crippen LogP contribution in [0.4, 0.5) is 0 Å².